The van der Waals surface area contributed by atoms with Crippen LogP contribution in [0.5, 0.6) is 0 Å². The standard InChI is InChI=1S/C13H17ClN2O4/c1-2-13(11(18)19,16-12(20)15-7-8-17)9-3-5-10(14)6-4-9/h3-6,17H,2,7-8H2,1H3,(H,18,19)(H2,15,16,20)/t13-/m1/s1. The fourth-order valence-electron chi connectivity index (χ4n) is 1.83. The van der Waals surface area contributed by atoms with Crippen molar-refractivity contribution in [3.05, 3.63) is 34.9 Å². The van der Waals surface area contributed by atoms with Gasteiger partial charge >= 0.3 is 12.0 Å². The van der Waals surface area contributed by atoms with Gasteiger partial charge in [0.15, 0.2) is 5.54 Å². The van der Waals surface area contributed by atoms with Crippen LogP contribution in [0.4, 0.5) is 4.79 Å². The lowest BCUT2D eigenvalue weighted by Crippen LogP contribution is -2.54. The number of hydrogen-bond acceptors (Lipinski definition) is 3. The van der Waals surface area contributed by atoms with Gasteiger partial charge in [0, 0.05) is 11.6 Å². The van der Waals surface area contributed by atoms with Crippen LogP contribution in [0, 0.1) is 0 Å². The van der Waals surface area contributed by atoms with E-state index in [9.17, 15) is 14.7 Å². The molecule has 20 heavy (non-hydrogen) atoms. The number of carboxylic acid groups (broad SMARTS) is 1. The molecule has 0 saturated heterocycles. The quantitative estimate of drug-likeness (QED) is 0.637. The highest BCUT2D eigenvalue weighted by molar-refractivity contribution is 6.30. The van der Waals surface area contributed by atoms with Crippen LogP contribution in [-0.2, 0) is 10.3 Å². The van der Waals surface area contributed by atoms with Gasteiger partial charge in [-0.3, -0.25) is 0 Å². The average molecular weight is 301 g/mol. The van der Waals surface area contributed by atoms with Crippen molar-refractivity contribution >= 4 is 23.6 Å². The monoisotopic (exact) mass is 300 g/mol. The molecule has 0 radical (unpaired) electrons. The van der Waals surface area contributed by atoms with Gasteiger partial charge in [-0.05, 0) is 24.1 Å². The first-order valence-electron chi connectivity index (χ1n) is 6.12. The second kappa shape index (κ2) is 7.12. The van der Waals surface area contributed by atoms with Crippen LogP contribution >= 0.6 is 11.6 Å². The molecule has 4 N–H and O–H groups in total. The molecule has 0 spiro atoms. The topological polar surface area (TPSA) is 98.7 Å². The third-order valence-corrected chi connectivity index (χ3v) is 3.21. The highest BCUT2D eigenvalue weighted by Crippen LogP contribution is 2.26. The van der Waals surface area contributed by atoms with Crippen molar-refractivity contribution in [2.45, 2.75) is 18.9 Å². The Hall–Kier alpha value is -1.79. The Balaban J connectivity index is 3.06. The lowest BCUT2D eigenvalue weighted by Gasteiger charge is -2.30. The first-order chi connectivity index (χ1) is 9.46. The number of rotatable bonds is 6. The van der Waals surface area contributed by atoms with Crippen molar-refractivity contribution in [3.63, 3.8) is 0 Å². The number of urea groups is 1. The van der Waals surface area contributed by atoms with Gasteiger partial charge in [-0.2, -0.15) is 0 Å². The fourth-order valence-corrected chi connectivity index (χ4v) is 1.96. The first-order valence-corrected chi connectivity index (χ1v) is 6.50. The molecule has 0 heterocycles. The van der Waals surface area contributed by atoms with Crippen LogP contribution in [0.25, 0.3) is 0 Å². The van der Waals surface area contributed by atoms with Gasteiger partial charge in [0.2, 0.25) is 0 Å². The number of aliphatic carboxylic acids is 1. The molecule has 1 atom stereocenters. The highest BCUT2D eigenvalue weighted by Gasteiger charge is 2.40. The minimum Gasteiger partial charge on any atom is -0.479 e. The number of aliphatic hydroxyl groups excluding tert-OH is 1. The summed E-state index contributed by atoms with van der Waals surface area (Å²) >= 11 is 5.78. The van der Waals surface area contributed by atoms with Crippen molar-refractivity contribution in [1.29, 1.82) is 0 Å². The molecule has 1 rings (SSSR count). The summed E-state index contributed by atoms with van der Waals surface area (Å²) in [7, 11) is 0. The molecule has 0 aliphatic rings. The van der Waals surface area contributed by atoms with Gasteiger partial charge < -0.3 is 20.8 Å². The van der Waals surface area contributed by atoms with E-state index in [-0.39, 0.29) is 19.6 Å². The molecule has 0 aliphatic heterocycles. The second-order valence-corrected chi connectivity index (χ2v) is 4.61. The SMILES string of the molecule is CC[C@](NC(=O)NCCO)(C(=O)O)c1ccc(Cl)cc1. The van der Waals surface area contributed by atoms with Crippen LogP contribution < -0.4 is 10.6 Å². The molecule has 0 bridgehead atoms. The third-order valence-electron chi connectivity index (χ3n) is 2.96. The molecule has 0 aromatic heterocycles. The normalized spacial score (nSPS) is 13.3. The molecule has 0 fully saturated rings. The molecule has 7 heteroatoms. The Morgan fingerprint density at radius 1 is 1.30 bits per heavy atom. The number of aliphatic hydroxyl groups is 1. The third kappa shape index (κ3) is 3.61. The van der Waals surface area contributed by atoms with Gasteiger partial charge in [-0.25, -0.2) is 9.59 Å². The number of benzene rings is 1. The summed E-state index contributed by atoms with van der Waals surface area (Å²) in [5.41, 5.74) is -1.11. The molecular formula is C13H17ClN2O4. The number of hydrogen-bond donors (Lipinski definition) is 4. The number of carboxylic acids is 1. The van der Waals surface area contributed by atoms with Crippen LogP contribution in [0.1, 0.15) is 18.9 Å². The van der Waals surface area contributed by atoms with Crippen LogP contribution in [-0.4, -0.2) is 35.4 Å². The van der Waals surface area contributed by atoms with Gasteiger partial charge in [-0.15, -0.1) is 0 Å². The minimum absolute atomic E-state index is 0.0475. The number of amides is 2. The molecule has 6 nitrogen and oxygen atoms in total. The van der Waals surface area contributed by atoms with E-state index in [1.807, 2.05) is 0 Å². The summed E-state index contributed by atoms with van der Waals surface area (Å²) in [4.78, 5) is 23.3. The lowest BCUT2D eigenvalue weighted by molar-refractivity contribution is -0.145. The number of carbonyl (C=O) groups is 2. The Labute approximate surface area is 121 Å². The molecule has 1 aromatic rings. The van der Waals surface area contributed by atoms with Crippen molar-refractivity contribution in [1.82, 2.24) is 10.6 Å². The van der Waals surface area contributed by atoms with E-state index >= 15 is 0 Å². The Bertz CT molecular complexity index is 478. The molecule has 2 amide bonds. The predicted octanol–water partition coefficient (Wildman–Crippen LogP) is 1.32. The van der Waals surface area contributed by atoms with Crippen molar-refractivity contribution in [2.75, 3.05) is 13.2 Å². The number of halogens is 1. The largest absolute Gasteiger partial charge is 0.479 e. The van der Waals surface area contributed by atoms with Gasteiger partial charge in [0.25, 0.3) is 0 Å². The molecule has 0 saturated carbocycles. The van der Waals surface area contributed by atoms with E-state index in [1.165, 1.54) is 0 Å². The Morgan fingerprint density at radius 3 is 2.35 bits per heavy atom. The minimum atomic E-state index is -1.54. The van der Waals surface area contributed by atoms with Gasteiger partial charge in [0.05, 0.1) is 6.61 Å². The molecule has 0 unspecified atom stereocenters. The average Bonchev–Trinajstić information content (AvgIpc) is 2.43. The van der Waals surface area contributed by atoms with Crippen LogP contribution in [0.3, 0.4) is 0 Å². The smallest absolute Gasteiger partial charge is 0.334 e. The Kier molecular flexibility index (Phi) is 5.79. The molecule has 0 aliphatic carbocycles. The van der Waals surface area contributed by atoms with E-state index in [0.717, 1.165) is 0 Å². The Morgan fingerprint density at radius 2 is 1.90 bits per heavy atom. The summed E-state index contributed by atoms with van der Waals surface area (Å²) in [6, 6.07) is 5.60. The van der Waals surface area contributed by atoms with E-state index in [2.05, 4.69) is 10.6 Å². The number of carbonyl (C=O) groups excluding carboxylic acids is 1. The van der Waals surface area contributed by atoms with Gasteiger partial charge in [-0.1, -0.05) is 30.7 Å². The van der Waals surface area contributed by atoms with Gasteiger partial charge in [0.1, 0.15) is 0 Å². The summed E-state index contributed by atoms with van der Waals surface area (Å²) < 4.78 is 0. The van der Waals surface area contributed by atoms with Crippen molar-refractivity contribution < 1.29 is 19.8 Å². The summed E-state index contributed by atoms with van der Waals surface area (Å²) in [6.07, 6.45) is 0.163. The fraction of sp³-hybridized carbons (Fsp3) is 0.385. The molecule has 1 aromatic carbocycles. The maximum Gasteiger partial charge on any atom is 0.334 e. The van der Waals surface area contributed by atoms with Crippen LogP contribution in [0.2, 0.25) is 5.02 Å². The maximum absolute atomic E-state index is 11.7. The zero-order valence-electron chi connectivity index (χ0n) is 11.0. The predicted molar refractivity (Wildman–Crippen MR) is 74.7 cm³/mol. The first kappa shape index (κ1) is 16.3. The zero-order chi connectivity index (χ0) is 15.2. The van der Waals surface area contributed by atoms with Crippen molar-refractivity contribution in [3.8, 4) is 0 Å². The van der Waals surface area contributed by atoms with E-state index in [1.54, 1.807) is 31.2 Å². The van der Waals surface area contributed by atoms with Crippen molar-refractivity contribution in [2.24, 2.45) is 0 Å². The summed E-state index contributed by atoms with van der Waals surface area (Å²) in [6.45, 7) is 1.49. The maximum atomic E-state index is 11.7. The zero-order valence-corrected chi connectivity index (χ0v) is 11.8. The van der Waals surface area contributed by atoms with E-state index < -0.39 is 17.5 Å². The number of nitrogens with one attached hydrogen (secondary N) is 2. The van der Waals surface area contributed by atoms with E-state index in [0.29, 0.717) is 10.6 Å². The molecule has 110 valence electrons. The van der Waals surface area contributed by atoms with E-state index in [4.69, 9.17) is 16.7 Å². The summed E-state index contributed by atoms with van der Waals surface area (Å²) in [5.74, 6) is -1.17. The second-order valence-electron chi connectivity index (χ2n) is 4.18. The highest BCUT2D eigenvalue weighted by atomic mass is 35.5. The molecular weight excluding hydrogens is 284 g/mol. The summed E-state index contributed by atoms with van der Waals surface area (Å²) in [5, 5.41) is 23.4. The van der Waals surface area contributed by atoms with Crippen LogP contribution in [0.15, 0.2) is 24.3 Å². The lowest BCUT2D eigenvalue weighted by atomic mass is 9.87.